The van der Waals surface area contributed by atoms with E-state index in [1.165, 1.54) is 4.57 Å². The summed E-state index contributed by atoms with van der Waals surface area (Å²) < 4.78 is 58.4. The van der Waals surface area contributed by atoms with Crippen LogP contribution in [-0.4, -0.2) is 27.0 Å². The Hall–Kier alpha value is -3.74. The van der Waals surface area contributed by atoms with Crippen molar-refractivity contribution in [2.75, 3.05) is 20.8 Å². The van der Waals surface area contributed by atoms with Gasteiger partial charge in [0.05, 0.1) is 20.8 Å². The Morgan fingerprint density at radius 1 is 0.784 bits per heavy atom. The van der Waals surface area contributed by atoms with E-state index in [0.29, 0.717) is 29.5 Å². The quantitative estimate of drug-likeness (QED) is 0.254. The van der Waals surface area contributed by atoms with Gasteiger partial charge in [0.15, 0.2) is 0 Å². The molecule has 0 aliphatic carbocycles. The number of pyridine rings is 1. The number of hydrogen-bond acceptors (Lipinski definition) is 3. The summed E-state index contributed by atoms with van der Waals surface area (Å²) >= 11 is 0. The van der Waals surface area contributed by atoms with Gasteiger partial charge in [-0.3, -0.25) is 0 Å². The van der Waals surface area contributed by atoms with Crippen LogP contribution >= 0.6 is 0 Å². The number of aromatic nitrogens is 1. The highest BCUT2D eigenvalue weighted by Gasteiger charge is 2.35. The molecule has 0 amide bonds. The smallest absolute Gasteiger partial charge is 0.448 e. The van der Waals surface area contributed by atoms with Gasteiger partial charge < -0.3 is 14.2 Å². The second-order valence-electron chi connectivity index (χ2n) is 8.40. The second-order valence-corrected chi connectivity index (χ2v) is 8.40. The molecule has 0 unspecified atom stereocenters. The summed E-state index contributed by atoms with van der Waals surface area (Å²) in [7, 11) is 3.18. The first-order chi connectivity index (χ1) is 17.8. The van der Waals surface area contributed by atoms with Crippen LogP contribution in [0.3, 0.4) is 0 Å². The van der Waals surface area contributed by atoms with E-state index in [1.54, 1.807) is 62.8 Å². The van der Waals surface area contributed by atoms with Crippen LogP contribution in [0.1, 0.15) is 48.3 Å². The van der Waals surface area contributed by atoms with Crippen molar-refractivity contribution < 1.29 is 31.9 Å². The van der Waals surface area contributed by atoms with Gasteiger partial charge in [0.2, 0.25) is 17.9 Å². The minimum atomic E-state index is -4.39. The lowest BCUT2D eigenvalue weighted by atomic mass is 10.0. The predicted molar refractivity (Wildman–Crippen MR) is 142 cm³/mol. The Morgan fingerprint density at radius 2 is 1.38 bits per heavy atom. The first kappa shape index (κ1) is 27.8. The van der Waals surface area contributed by atoms with Crippen LogP contribution in [0.4, 0.5) is 13.2 Å². The number of halogens is 3. The second kappa shape index (κ2) is 13.0. The van der Waals surface area contributed by atoms with Crippen molar-refractivity contribution in [3.8, 4) is 17.2 Å². The van der Waals surface area contributed by atoms with Crippen molar-refractivity contribution >= 4 is 24.3 Å². The molecule has 1 aromatic heterocycles. The molecule has 7 heteroatoms. The number of rotatable bonds is 11. The maximum atomic E-state index is 13.6. The van der Waals surface area contributed by atoms with E-state index >= 15 is 0 Å². The zero-order valence-electron chi connectivity index (χ0n) is 21.6. The van der Waals surface area contributed by atoms with Gasteiger partial charge >= 0.3 is 6.18 Å². The van der Waals surface area contributed by atoms with Gasteiger partial charge in [-0.05, 0) is 67.0 Å². The van der Waals surface area contributed by atoms with E-state index in [0.717, 1.165) is 35.3 Å². The van der Waals surface area contributed by atoms with E-state index in [-0.39, 0.29) is 0 Å². The molecule has 0 aliphatic rings. The molecule has 0 saturated carbocycles. The Morgan fingerprint density at radius 3 is 1.95 bits per heavy atom. The number of ether oxygens (including phenoxy) is 3. The average molecular weight is 513 g/mol. The van der Waals surface area contributed by atoms with E-state index in [2.05, 4.69) is 6.92 Å². The van der Waals surface area contributed by atoms with Crippen LogP contribution in [0.15, 0.2) is 54.6 Å². The van der Waals surface area contributed by atoms with E-state index in [4.69, 9.17) is 14.2 Å². The van der Waals surface area contributed by atoms with Gasteiger partial charge in [0.25, 0.3) is 0 Å². The first-order valence-electron chi connectivity index (χ1n) is 12.2. The molecule has 0 fully saturated rings. The third-order valence-electron chi connectivity index (χ3n) is 5.75. The first-order valence-corrected chi connectivity index (χ1v) is 12.2. The Kier molecular flexibility index (Phi) is 9.78. The highest BCUT2D eigenvalue weighted by Crippen LogP contribution is 2.27. The molecule has 0 bridgehead atoms. The molecule has 0 atom stereocenters. The van der Waals surface area contributed by atoms with Crippen molar-refractivity contribution in [1.29, 1.82) is 0 Å². The third kappa shape index (κ3) is 7.87. The van der Waals surface area contributed by atoms with Crippen LogP contribution in [0.25, 0.3) is 24.3 Å². The summed E-state index contributed by atoms with van der Waals surface area (Å²) in [5, 5.41) is 0. The zero-order chi connectivity index (χ0) is 26.8. The summed E-state index contributed by atoms with van der Waals surface area (Å²) in [5.74, 6) is 1.99. The topological polar surface area (TPSA) is 31.6 Å². The molecule has 0 N–H and O–H groups in total. The van der Waals surface area contributed by atoms with Crippen molar-refractivity contribution in [2.24, 2.45) is 0 Å². The fourth-order valence-corrected chi connectivity index (χ4v) is 3.99. The number of nitrogens with zero attached hydrogens (tertiary/aromatic N) is 1. The molecule has 1 heterocycles. The highest BCUT2D eigenvalue weighted by atomic mass is 19.4. The normalized spacial score (nSPS) is 11.9. The van der Waals surface area contributed by atoms with Crippen molar-refractivity contribution in [2.45, 2.75) is 39.4 Å². The van der Waals surface area contributed by atoms with Crippen LogP contribution in [-0.2, 0) is 13.0 Å². The van der Waals surface area contributed by atoms with Gasteiger partial charge in [0, 0.05) is 35.9 Å². The summed E-state index contributed by atoms with van der Waals surface area (Å²) in [5.41, 5.74) is 3.63. The molecule has 37 heavy (non-hydrogen) atoms. The lowest BCUT2D eigenvalue weighted by molar-refractivity contribution is -0.722. The van der Waals surface area contributed by atoms with Crippen LogP contribution in [0, 0.1) is 0 Å². The molecule has 2 aromatic carbocycles. The molecular formula is C30H33F3NO3+. The third-order valence-corrected chi connectivity index (χ3v) is 5.75. The molecule has 0 saturated heterocycles. The lowest BCUT2D eigenvalue weighted by Crippen LogP contribution is -2.46. The molecule has 0 aliphatic heterocycles. The molecule has 3 aromatic rings. The van der Waals surface area contributed by atoms with Crippen molar-refractivity contribution in [3.05, 3.63) is 82.7 Å². The molecule has 196 valence electrons. The molecule has 3 rings (SSSR count). The van der Waals surface area contributed by atoms with Gasteiger partial charge in [-0.15, -0.1) is 0 Å². The zero-order valence-corrected chi connectivity index (χ0v) is 21.6. The number of alkyl halides is 3. The average Bonchev–Trinajstić information content (AvgIpc) is 2.87. The predicted octanol–water partition coefficient (Wildman–Crippen LogP) is 7.25. The highest BCUT2D eigenvalue weighted by molar-refractivity contribution is 5.72. The molecule has 0 spiro atoms. The van der Waals surface area contributed by atoms with Crippen molar-refractivity contribution in [3.63, 3.8) is 0 Å². The maximum absolute atomic E-state index is 13.6. The Balaban J connectivity index is 2.02. The minimum Gasteiger partial charge on any atom is -0.497 e. The Labute approximate surface area is 216 Å². The Bertz CT molecular complexity index is 1160. The summed E-state index contributed by atoms with van der Waals surface area (Å²) in [6.45, 7) is 3.29. The van der Waals surface area contributed by atoms with Crippen LogP contribution in [0.2, 0.25) is 0 Å². The largest absolute Gasteiger partial charge is 0.497 e. The molecule has 0 radical (unpaired) electrons. The standard InChI is InChI=1S/C30H33F3NO3/c1-5-8-24-19-27(35-3)17-13-22(24)11-15-25-9-7-10-26(34(25)21-30(31,32)33)16-12-23-14-18-28(36-4)20-29(23)37-6-2/h7,9-20H,5-6,8,21H2,1-4H3/q+1/b15-11+,16-12+. The lowest BCUT2D eigenvalue weighted by Gasteiger charge is -2.10. The molecule has 4 nitrogen and oxygen atoms in total. The van der Waals surface area contributed by atoms with Gasteiger partial charge in [-0.2, -0.15) is 17.7 Å². The SMILES string of the molecule is CCCc1cc(OC)ccc1/C=C/c1cccc(/C=C/c2ccc(OC)cc2OCC)[n+]1CC(F)(F)F. The van der Waals surface area contributed by atoms with Crippen LogP contribution in [0.5, 0.6) is 17.2 Å². The summed E-state index contributed by atoms with van der Waals surface area (Å²) in [6.07, 6.45) is 4.40. The number of benzene rings is 2. The maximum Gasteiger partial charge on any atom is 0.448 e. The van der Waals surface area contributed by atoms with Gasteiger partial charge in [0.1, 0.15) is 17.2 Å². The van der Waals surface area contributed by atoms with Gasteiger partial charge in [-0.25, -0.2) is 0 Å². The van der Waals surface area contributed by atoms with E-state index in [1.807, 2.05) is 37.3 Å². The van der Waals surface area contributed by atoms with E-state index in [9.17, 15) is 13.2 Å². The summed E-state index contributed by atoms with van der Waals surface area (Å²) in [4.78, 5) is 0. The monoisotopic (exact) mass is 512 g/mol. The minimum absolute atomic E-state index is 0.418. The fraction of sp³-hybridized carbons (Fsp3) is 0.300. The molecular weight excluding hydrogens is 479 g/mol. The van der Waals surface area contributed by atoms with E-state index < -0.39 is 12.7 Å². The van der Waals surface area contributed by atoms with Crippen LogP contribution < -0.4 is 18.8 Å². The summed E-state index contributed by atoms with van der Waals surface area (Å²) in [6, 6.07) is 16.2. The number of aryl methyl sites for hydroxylation is 1. The number of hydrogen-bond donors (Lipinski definition) is 0. The van der Waals surface area contributed by atoms with Gasteiger partial charge in [-0.1, -0.05) is 19.4 Å². The number of methoxy groups -OCH3 is 2. The van der Waals surface area contributed by atoms with Crippen molar-refractivity contribution in [1.82, 2.24) is 0 Å². The fourth-order valence-electron chi connectivity index (χ4n) is 3.99.